The molecule has 0 aromatic heterocycles. The highest BCUT2D eigenvalue weighted by Gasteiger charge is 2.19. The molecule has 0 radical (unpaired) electrons. The standard InChI is InChI=1S/C72H120O6/c1-4-7-10-13-16-19-22-25-28-31-32-33-34-35-36-37-38-39-40-42-44-47-50-53-56-59-62-65-71(74)77-68-69(67-76-70(73)64-61-58-55-52-49-46-43-30-27-24-21-18-15-12-9-6-3)78-72(75)66-63-60-57-54-51-48-45-41-29-26-23-20-17-14-11-8-5-2/h7-8,10-11,16-17,19-20,25-26,28-29,32-33,35-36,38-39,42,44,69H,4-6,9,12-15,18,21-24,27,30-31,34,37,40-41,43,45-68H2,1-3H3/b10-7-,11-8-,19-16-,20-17-,28-25-,29-26-,33-32-,36-35-,39-38-,44-42-. The predicted molar refractivity (Wildman–Crippen MR) is 339 cm³/mol. The summed E-state index contributed by atoms with van der Waals surface area (Å²) in [6.45, 7) is 6.42. The SMILES string of the molecule is CC/C=C\C/C=C\C/C=C\C/C=C\C/C=C\C/C=C\C/C=C\CCCCCCCC(=O)OCC(COC(=O)CCCCCCCCCCCCCCCCCC)OC(=O)CCCCCCCCC/C=C\C/C=C\C/C=C\CC. The molecule has 6 nitrogen and oxygen atoms in total. The van der Waals surface area contributed by atoms with E-state index in [1.165, 1.54) is 109 Å². The Morgan fingerprint density at radius 1 is 0.269 bits per heavy atom. The second-order valence-corrected chi connectivity index (χ2v) is 21.3. The van der Waals surface area contributed by atoms with Crippen LogP contribution in [0.4, 0.5) is 0 Å². The van der Waals surface area contributed by atoms with Crippen molar-refractivity contribution in [3.8, 4) is 0 Å². The Bertz CT molecular complexity index is 1620. The summed E-state index contributed by atoms with van der Waals surface area (Å²) in [5.41, 5.74) is 0. The van der Waals surface area contributed by atoms with Gasteiger partial charge in [-0.1, -0.05) is 290 Å². The Labute approximate surface area is 482 Å². The number of hydrogen-bond donors (Lipinski definition) is 0. The molecule has 0 aromatic rings. The third-order valence-corrected chi connectivity index (χ3v) is 13.7. The second-order valence-electron chi connectivity index (χ2n) is 21.3. The van der Waals surface area contributed by atoms with E-state index in [1.807, 2.05) is 0 Å². The van der Waals surface area contributed by atoms with Gasteiger partial charge < -0.3 is 14.2 Å². The van der Waals surface area contributed by atoms with Crippen molar-refractivity contribution in [2.75, 3.05) is 13.2 Å². The predicted octanol–water partition coefficient (Wildman–Crippen LogP) is 22.4. The van der Waals surface area contributed by atoms with Gasteiger partial charge in [0, 0.05) is 19.3 Å². The van der Waals surface area contributed by atoms with Crippen LogP contribution in [0.25, 0.3) is 0 Å². The van der Waals surface area contributed by atoms with Crippen LogP contribution in [-0.4, -0.2) is 37.2 Å². The van der Waals surface area contributed by atoms with Crippen LogP contribution in [-0.2, 0) is 28.6 Å². The Hall–Kier alpha value is -4.19. The van der Waals surface area contributed by atoms with Gasteiger partial charge >= 0.3 is 17.9 Å². The summed E-state index contributed by atoms with van der Waals surface area (Å²) < 4.78 is 16.9. The molecule has 0 fully saturated rings. The van der Waals surface area contributed by atoms with Crippen LogP contribution in [0.15, 0.2) is 122 Å². The first-order valence-electron chi connectivity index (χ1n) is 32.5. The van der Waals surface area contributed by atoms with Crippen LogP contribution in [0.1, 0.15) is 297 Å². The van der Waals surface area contributed by atoms with Crippen molar-refractivity contribution in [2.45, 2.75) is 303 Å². The van der Waals surface area contributed by atoms with Gasteiger partial charge in [-0.05, 0) is 109 Å². The third kappa shape index (κ3) is 62.7. The fourth-order valence-corrected chi connectivity index (χ4v) is 8.91. The lowest BCUT2D eigenvalue weighted by Crippen LogP contribution is -2.30. The van der Waals surface area contributed by atoms with Gasteiger partial charge in [-0.25, -0.2) is 0 Å². The summed E-state index contributed by atoms with van der Waals surface area (Å²) in [6, 6.07) is 0. The Morgan fingerprint density at radius 3 is 0.782 bits per heavy atom. The lowest BCUT2D eigenvalue weighted by molar-refractivity contribution is -0.167. The molecule has 0 aliphatic carbocycles. The van der Waals surface area contributed by atoms with E-state index in [4.69, 9.17) is 14.2 Å². The van der Waals surface area contributed by atoms with Crippen LogP contribution in [0.5, 0.6) is 0 Å². The van der Waals surface area contributed by atoms with E-state index in [9.17, 15) is 14.4 Å². The van der Waals surface area contributed by atoms with Crippen LogP contribution >= 0.6 is 0 Å². The van der Waals surface area contributed by atoms with Crippen molar-refractivity contribution in [1.82, 2.24) is 0 Å². The van der Waals surface area contributed by atoms with Crippen LogP contribution in [0.2, 0.25) is 0 Å². The van der Waals surface area contributed by atoms with Gasteiger partial charge in [0.1, 0.15) is 13.2 Å². The van der Waals surface area contributed by atoms with Gasteiger partial charge in [-0.2, -0.15) is 0 Å². The quantitative estimate of drug-likeness (QED) is 0.0261. The first-order chi connectivity index (χ1) is 38.5. The van der Waals surface area contributed by atoms with Gasteiger partial charge in [-0.15, -0.1) is 0 Å². The summed E-state index contributed by atoms with van der Waals surface area (Å²) in [4.78, 5) is 38.4. The molecule has 1 atom stereocenters. The maximum Gasteiger partial charge on any atom is 0.306 e. The molecule has 0 saturated heterocycles. The fourth-order valence-electron chi connectivity index (χ4n) is 8.91. The minimum absolute atomic E-state index is 0.0882. The number of esters is 3. The number of unbranched alkanes of at least 4 members (excludes halogenated alkanes) is 27. The van der Waals surface area contributed by atoms with Crippen molar-refractivity contribution < 1.29 is 28.6 Å². The van der Waals surface area contributed by atoms with E-state index < -0.39 is 6.10 Å². The van der Waals surface area contributed by atoms with E-state index in [-0.39, 0.29) is 31.1 Å². The van der Waals surface area contributed by atoms with Crippen molar-refractivity contribution >= 4 is 17.9 Å². The summed E-state index contributed by atoms with van der Waals surface area (Å²) in [7, 11) is 0. The minimum atomic E-state index is -0.795. The van der Waals surface area contributed by atoms with Gasteiger partial charge in [-0.3, -0.25) is 14.4 Å². The number of carbonyl (C=O) groups excluding carboxylic acids is 3. The molecule has 0 saturated carbocycles. The van der Waals surface area contributed by atoms with Gasteiger partial charge in [0.15, 0.2) is 6.10 Å². The smallest absolute Gasteiger partial charge is 0.306 e. The lowest BCUT2D eigenvalue weighted by Gasteiger charge is -2.18. The molecular weight excluding hydrogens is 961 g/mol. The van der Waals surface area contributed by atoms with Crippen LogP contribution in [0, 0.1) is 0 Å². The first-order valence-corrected chi connectivity index (χ1v) is 32.5. The minimum Gasteiger partial charge on any atom is -0.462 e. The maximum atomic E-state index is 12.9. The number of allylic oxidation sites excluding steroid dienone is 20. The number of hydrogen-bond acceptors (Lipinski definition) is 6. The van der Waals surface area contributed by atoms with Crippen molar-refractivity contribution in [2.24, 2.45) is 0 Å². The maximum absolute atomic E-state index is 12.9. The molecule has 0 heterocycles. The Kier molecular flexibility index (Phi) is 61.8. The largest absolute Gasteiger partial charge is 0.462 e. The van der Waals surface area contributed by atoms with Gasteiger partial charge in [0.25, 0.3) is 0 Å². The van der Waals surface area contributed by atoms with Crippen molar-refractivity contribution in [3.63, 3.8) is 0 Å². The van der Waals surface area contributed by atoms with Crippen LogP contribution in [0.3, 0.4) is 0 Å². The average molecular weight is 1080 g/mol. The molecule has 1 unspecified atom stereocenters. The highest BCUT2D eigenvalue weighted by atomic mass is 16.6. The monoisotopic (exact) mass is 1080 g/mol. The summed E-state index contributed by atoms with van der Waals surface area (Å²) in [5, 5.41) is 0. The molecule has 444 valence electrons. The lowest BCUT2D eigenvalue weighted by atomic mass is 10.0. The average Bonchev–Trinajstić information content (AvgIpc) is 3.44. The summed E-state index contributed by atoms with van der Waals surface area (Å²) >= 11 is 0. The molecule has 78 heavy (non-hydrogen) atoms. The van der Waals surface area contributed by atoms with E-state index in [0.717, 1.165) is 148 Å². The van der Waals surface area contributed by atoms with Gasteiger partial charge in [0.05, 0.1) is 0 Å². The Morgan fingerprint density at radius 2 is 0.500 bits per heavy atom. The normalized spacial score (nSPS) is 12.9. The first kappa shape index (κ1) is 73.8. The zero-order valence-electron chi connectivity index (χ0n) is 50.9. The summed E-state index contributed by atoms with van der Waals surface area (Å²) in [6.07, 6.45) is 90.5. The molecule has 6 heteroatoms. The molecule has 0 spiro atoms. The molecule has 0 N–H and O–H groups in total. The van der Waals surface area contributed by atoms with Crippen molar-refractivity contribution in [1.29, 1.82) is 0 Å². The Balaban J connectivity index is 4.41. The highest BCUT2D eigenvalue weighted by molar-refractivity contribution is 5.71. The van der Waals surface area contributed by atoms with E-state index in [1.54, 1.807) is 0 Å². The molecule has 0 aliphatic rings. The fraction of sp³-hybridized carbons (Fsp3) is 0.681. The molecule has 0 aromatic carbocycles. The molecular formula is C72H120O6. The van der Waals surface area contributed by atoms with Crippen molar-refractivity contribution in [3.05, 3.63) is 122 Å². The van der Waals surface area contributed by atoms with E-state index >= 15 is 0 Å². The number of rotatable bonds is 58. The summed E-state index contributed by atoms with van der Waals surface area (Å²) in [5.74, 6) is -0.910. The molecule has 0 rings (SSSR count). The van der Waals surface area contributed by atoms with Gasteiger partial charge in [0.2, 0.25) is 0 Å². The zero-order chi connectivity index (χ0) is 56.4. The van der Waals surface area contributed by atoms with E-state index in [2.05, 4.69) is 142 Å². The highest BCUT2D eigenvalue weighted by Crippen LogP contribution is 2.16. The topological polar surface area (TPSA) is 78.9 Å². The zero-order valence-corrected chi connectivity index (χ0v) is 50.9. The molecule has 0 amide bonds. The number of carbonyl (C=O) groups is 3. The van der Waals surface area contributed by atoms with E-state index in [0.29, 0.717) is 19.3 Å². The molecule has 0 aliphatic heterocycles. The third-order valence-electron chi connectivity index (χ3n) is 13.7. The number of ether oxygens (including phenoxy) is 3. The second kappa shape index (κ2) is 65.3. The van der Waals surface area contributed by atoms with Crippen LogP contribution < -0.4 is 0 Å². The molecule has 0 bridgehead atoms.